The van der Waals surface area contributed by atoms with Crippen LogP contribution in [0.25, 0.3) is 0 Å². The molecule has 0 aliphatic carbocycles. The Hall–Kier alpha value is -1.45. The topological polar surface area (TPSA) is 42.0 Å². The summed E-state index contributed by atoms with van der Waals surface area (Å²) >= 11 is 0. The lowest BCUT2D eigenvalue weighted by Crippen LogP contribution is -2.48. The standard InChI is InChI=1S/C12H15FN2O/c1-11(2)12(3,6-10(16)15-11)9-5-4-8(13)7-14-9/h4-5,7H,6H2,1-3H3,(H,15,16). The van der Waals surface area contributed by atoms with Crippen molar-refractivity contribution in [3.05, 3.63) is 29.8 Å². The Kier molecular flexibility index (Phi) is 2.26. The summed E-state index contributed by atoms with van der Waals surface area (Å²) in [4.78, 5) is 15.6. The van der Waals surface area contributed by atoms with Crippen molar-refractivity contribution in [3.8, 4) is 0 Å². The minimum Gasteiger partial charge on any atom is -0.350 e. The smallest absolute Gasteiger partial charge is 0.221 e. The molecule has 1 aromatic heterocycles. The number of halogens is 1. The molecule has 0 radical (unpaired) electrons. The molecule has 1 aliphatic heterocycles. The van der Waals surface area contributed by atoms with Crippen LogP contribution in [-0.2, 0) is 10.2 Å². The first-order chi connectivity index (χ1) is 7.35. The maximum atomic E-state index is 12.8. The number of amides is 1. The number of carbonyl (C=O) groups excluding carboxylic acids is 1. The van der Waals surface area contributed by atoms with Gasteiger partial charge in [0.2, 0.25) is 5.91 Å². The molecule has 1 amide bonds. The van der Waals surface area contributed by atoms with Crippen molar-refractivity contribution < 1.29 is 9.18 Å². The minimum atomic E-state index is -0.391. The summed E-state index contributed by atoms with van der Waals surface area (Å²) < 4.78 is 12.8. The van der Waals surface area contributed by atoms with Gasteiger partial charge in [-0.1, -0.05) is 6.92 Å². The minimum absolute atomic E-state index is 0.0126. The Bertz CT molecular complexity index is 427. The molecular weight excluding hydrogens is 207 g/mol. The molecule has 1 fully saturated rings. The molecule has 1 unspecified atom stereocenters. The highest BCUT2D eigenvalue weighted by molar-refractivity contribution is 5.82. The largest absolute Gasteiger partial charge is 0.350 e. The van der Waals surface area contributed by atoms with Gasteiger partial charge in [0.15, 0.2) is 0 Å². The summed E-state index contributed by atoms with van der Waals surface area (Å²) in [5.74, 6) is -0.346. The van der Waals surface area contributed by atoms with Gasteiger partial charge in [0.1, 0.15) is 5.82 Å². The zero-order valence-electron chi connectivity index (χ0n) is 9.67. The van der Waals surface area contributed by atoms with E-state index >= 15 is 0 Å². The predicted octanol–water partition coefficient (Wildman–Crippen LogP) is 1.78. The first-order valence-electron chi connectivity index (χ1n) is 5.28. The lowest BCUT2D eigenvalue weighted by atomic mass is 9.71. The zero-order chi connectivity index (χ0) is 12.0. The lowest BCUT2D eigenvalue weighted by Gasteiger charge is -2.36. The summed E-state index contributed by atoms with van der Waals surface area (Å²) in [5.41, 5.74) is -0.00979. The molecule has 86 valence electrons. The molecule has 0 bridgehead atoms. The van der Waals surface area contributed by atoms with Gasteiger partial charge in [-0.3, -0.25) is 9.78 Å². The van der Waals surface area contributed by atoms with Crippen LogP contribution in [0.4, 0.5) is 4.39 Å². The van der Waals surface area contributed by atoms with Crippen LogP contribution in [-0.4, -0.2) is 16.4 Å². The Morgan fingerprint density at radius 1 is 1.38 bits per heavy atom. The Morgan fingerprint density at radius 2 is 2.06 bits per heavy atom. The van der Waals surface area contributed by atoms with E-state index in [0.717, 1.165) is 5.69 Å². The quantitative estimate of drug-likeness (QED) is 0.787. The fourth-order valence-corrected chi connectivity index (χ4v) is 2.19. The van der Waals surface area contributed by atoms with Gasteiger partial charge in [-0.2, -0.15) is 0 Å². The van der Waals surface area contributed by atoms with Crippen molar-refractivity contribution in [1.82, 2.24) is 10.3 Å². The number of hydrogen-bond donors (Lipinski definition) is 1. The monoisotopic (exact) mass is 222 g/mol. The maximum absolute atomic E-state index is 12.8. The third-order valence-electron chi connectivity index (χ3n) is 3.64. The van der Waals surface area contributed by atoms with Gasteiger partial charge < -0.3 is 5.32 Å². The molecule has 2 heterocycles. The highest BCUT2D eigenvalue weighted by Gasteiger charge is 2.51. The molecule has 1 N–H and O–H groups in total. The second-order valence-electron chi connectivity index (χ2n) is 5.04. The molecular formula is C12H15FN2O. The van der Waals surface area contributed by atoms with Gasteiger partial charge in [-0.25, -0.2) is 4.39 Å². The van der Waals surface area contributed by atoms with E-state index < -0.39 is 5.41 Å². The Balaban J connectivity index is 2.46. The zero-order valence-corrected chi connectivity index (χ0v) is 9.67. The second-order valence-corrected chi connectivity index (χ2v) is 5.04. The number of carbonyl (C=O) groups is 1. The van der Waals surface area contributed by atoms with E-state index in [9.17, 15) is 9.18 Å². The molecule has 1 atom stereocenters. The Morgan fingerprint density at radius 3 is 2.50 bits per heavy atom. The summed E-state index contributed by atoms with van der Waals surface area (Å²) in [6.45, 7) is 5.90. The number of nitrogens with zero attached hydrogens (tertiary/aromatic N) is 1. The molecule has 1 saturated heterocycles. The number of pyridine rings is 1. The van der Waals surface area contributed by atoms with Crippen molar-refractivity contribution in [1.29, 1.82) is 0 Å². The van der Waals surface area contributed by atoms with Gasteiger partial charge >= 0.3 is 0 Å². The average molecular weight is 222 g/mol. The number of nitrogens with one attached hydrogen (secondary N) is 1. The van der Waals surface area contributed by atoms with Crippen LogP contribution in [0, 0.1) is 5.82 Å². The van der Waals surface area contributed by atoms with E-state index in [2.05, 4.69) is 10.3 Å². The van der Waals surface area contributed by atoms with Crippen molar-refractivity contribution in [3.63, 3.8) is 0 Å². The van der Waals surface area contributed by atoms with Gasteiger partial charge in [0.25, 0.3) is 0 Å². The first-order valence-corrected chi connectivity index (χ1v) is 5.28. The van der Waals surface area contributed by atoms with E-state index in [0.29, 0.717) is 6.42 Å². The average Bonchev–Trinajstić information content (AvgIpc) is 2.37. The molecule has 2 rings (SSSR count). The predicted molar refractivity (Wildman–Crippen MR) is 58.4 cm³/mol. The van der Waals surface area contributed by atoms with Crippen LogP contribution in [0.2, 0.25) is 0 Å². The van der Waals surface area contributed by atoms with E-state index in [1.807, 2.05) is 20.8 Å². The molecule has 0 spiro atoms. The van der Waals surface area contributed by atoms with Crippen molar-refractivity contribution >= 4 is 5.91 Å². The molecule has 0 saturated carbocycles. The summed E-state index contributed by atoms with van der Waals surface area (Å²) in [6.07, 6.45) is 1.58. The number of aromatic nitrogens is 1. The van der Waals surface area contributed by atoms with E-state index in [1.165, 1.54) is 12.3 Å². The number of hydrogen-bond acceptors (Lipinski definition) is 2. The fourth-order valence-electron chi connectivity index (χ4n) is 2.19. The summed E-state index contributed by atoms with van der Waals surface area (Å²) in [7, 11) is 0. The SMILES string of the molecule is CC1(C)NC(=O)CC1(C)c1ccc(F)cn1. The van der Waals surface area contributed by atoms with Crippen LogP contribution in [0.15, 0.2) is 18.3 Å². The molecule has 4 heteroatoms. The molecule has 0 aromatic carbocycles. The van der Waals surface area contributed by atoms with E-state index in [-0.39, 0.29) is 17.3 Å². The lowest BCUT2D eigenvalue weighted by molar-refractivity contribution is -0.119. The van der Waals surface area contributed by atoms with Crippen molar-refractivity contribution in [2.45, 2.75) is 38.1 Å². The highest BCUT2D eigenvalue weighted by atomic mass is 19.1. The number of rotatable bonds is 1. The summed E-state index contributed by atoms with van der Waals surface area (Å²) in [6, 6.07) is 3.03. The molecule has 3 nitrogen and oxygen atoms in total. The Labute approximate surface area is 94.1 Å². The van der Waals surface area contributed by atoms with Crippen molar-refractivity contribution in [2.75, 3.05) is 0 Å². The third kappa shape index (κ3) is 1.49. The van der Waals surface area contributed by atoms with Gasteiger partial charge in [-0.05, 0) is 26.0 Å². The molecule has 16 heavy (non-hydrogen) atoms. The molecule has 1 aliphatic rings. The van der Waals surface area contributed by atoms with E-state index in [4.69, 9.17) is 0 Å². The third-order valence-corrected chi connectivity index (χ3v) is 3.64. The highest BCUT2D eigenvalue weighted by Crippen LogP contribution is 2.41. The van der Waals surface area contributed by atoms with Gasteiger partial charge in [-0.15, -0.1) is 0 Å². The van der Waals surface area contributed by atoms with Gasteiger partial charge in [0, 0.05) is 23.1 Å². The summed E-state index contributed by atoms with van der Waals surface area (Å²) in [5, 5.41) is 2.92. The molecule has 1 aromatic rings. The van der Waals surface area contributed by atoms with Crippen LogP contribution < -0.4 is 5.32 Å². The van der Waals surface area contributed by atoms with Crippen LogP contribution in [0.3, 0.4) is 0 Å². The van der Waals surface area contributed by atoms with Crippen molar-refractivity contribution in [2.24, 2.45) is 0 Å². The first kappa shape index (κ1) is 11.0. The van der Waals surface area contributed by atoms with E-state index in [1.54, 1.807) is 6.07 Å². The maximum Gasteiger partial charge on any atom is 0.221 e. The van der Waals surface area contributed by atoms with Crippen LogP contribution in [0.1, 0.15) is 32.9 Å². The normalized spacial score (nSPS) is 27.9. The second kappa shape index (κ2) is 3.27. The fraction of sp³-hybridized carbons (Fsp3) is 0.500. The van der Waals surface area contributed by atoms with Crippen LogP contribution >= 0.6 is 0 Å². The van der Waals surface area contributed by atoms with Gasteiger partial charge in [0.05, 0.1) is 6.20 Å². The van der Waals surface area contributed by atoms with Crippen LogP contribution in [0.5, 0.6) is 0 Å².